The maximum absolute atomic E-state index is 11.1. The molecule has 1 saturated heterocycles. The minimum absolute atomic E-state index is 0.156. The molecule has 0 bridgehead atoms. The Labute approximate surface area is 84.0 Å². The predicted octanol–water partition coefficient (Wildman–Crippen LogP) is -0.0465. The lowest BCUT2D eigenvalue weighted by Gasteiger charge is -2.26. The molecule has 0 aromatic rings. The molecule has 1 aliphatic rings. The largest absolute Gasteiger partial charge is 0.374 e. The van der Waals surface area contributed by atoms with Crippen LogP contribution in [0.2, 0.25) is 0 Å². The minimum Gasteiger partial charge on any atom is -0.374 e. The van der Waals surface area contributed by atoms with Crippen LogP contribution in [0.4, 0.5) is 0 Å². The number of carbonyl (C=O) groups is 2. The lowest BCUT2D eigenvalue weighted by molar-refractivity contribution is -0.119. The SMILES string of the molecule is CC(=O)C(=CN1CCNCC1)C(C)=O. The highest BCUT2D eigenvalue weighted by molar-refractivity contribution is 6.18. The van der Waals surface area contributed by atoms with Crippen LogP contribution in [0.1, 0.15) is 13.8 Å². The first kappa shape index (κ1) is 10.9. The molecule has 0 aliphatic carbocycles. The van der Waals surface area contributed by atoms with Crippen LogP contribution in [0.3, 0.4) is 0 Å². The lowest BCUT2D eigenvalue weighted by Crippen LogP contribution is -2.41. The van der Waals surface area contributed by atoms with Crippen molar-refractivity contribution < 1.29 is 9.59 Å². The average Bonchev–Trinajstić information content (AvgIpc) is 2.15. The van der Waals surface area contributed by atoms with Gasteiger partial charge in [0.1, 0.15) is 0 Å². The van der Waals surface area contributed by atoms with E-state index >= 15 is 0 Å². The Hall–Kier alpha value is -1.16. The van der Waals surface area contributed by atoms with Crippen molar-refractivity contribution in [3.8, 4) is 0 Å². The minimum atomic E-state index is -0.156. The summed E-state index contributed by atoms with van der Waals surface area (Å²) in [5, 5.41) is 3.21. The number of allylic oxidation sites excluding steroid dienone is 1. The van der Waals surface area contributed by atoms with Crippen molar-refractivity contribution >= 4 is 11.6 Å². The standard InChI is InChI=1S/C10H16N2O2/c1-8(13)10(9(2)14)7-12-5-3-11-4-6-12/h7,11H,3-6H2,1-2H3. The van der Waals surface area contributed by atoms with Gasteiger partial charge in [-0.2, -0.15) is 0 Å². The smallest absolute Gasteiger partial charge is 0.164 e. The van der Waals surface area contributed by atoms with Crippen LogP contribution in [0.15, 0.2) is 11.8 Å². The van der Waals surface area contributed by atoms with Crippen molar-refractivity contribution in [2.75, 3.05) is 26.2 Å². The third-order valence-corrected chi connectivity index (χ3v) is 2.22. The van der Waals surface area contributed by atoms with E-state index in [1.165, 1.54) is 13.8 Å². The fraction of sp³-hybridized carbons (Fsp3) is 0.600. The molecule has 0 amide bonds. The molecule has 0 radical (unpaired) electrons. The van der Waals surface area contributed by atoms with Crippen LogP contribution >= 0.6 is 0 Å². The maximum Gasteiger partial charge on any atom is 0.164 e. The highest BCUT2D eigenvalue weighted by Crippen LogP contribution is 2.02. The zero-order chi connectivity index (χ0) is 10.6. The van der Waals surface area contributed by atoms with E-state index in [-0.39, 0.29) is 11.6 Å². The number of carbonyl (C=O) groups excluding carboxylic acids is 2. The van der Waals surface area contributed by atoms with E-state index < -0.39 is 0 Å². The summed E-state index contributed by atoms with van der Waals surface area (Å²) in [4.78, 5) is 24.3. The van der Waals surface area contributed by atoms with Gasteiger partial charge in [-0.3, -0.25) is 9.59 Å². The number of nitrogens with zero attached hydrogens (tertiary/aromatic N) is 1. The van der Waals surface area contributed by atoms with Gasteiger partial charge in [-0.15, -0.1) is 0 Å². The first-order chi connectivity index (χ1) is 6.61. The molecule has 0 aromatic heterocycles. The van der Waals surface area contributed by atoms with Crippen molar-refractivity contribution in [2.45, 2.75) is 13.8 Å². The van der Waals surface area contributed by atoms with Crippen molar-refractivity contribution in [1.29, 1.82) is 0 Å². The number of nitrogens with one attached hydrogen (secondary N) is 1. The maximum atomic E-state index is 11.1. The van der Waals surface area contributed by atoms with E-state index in [0.717, 1.165) is 26.2 Å². The van der Waals surface area contributed by atoms with Gasteiger partial charge in [0.15, 0.2) is 11.6 Å². The highest BCUT2D eigenvalue weighted by Gasteiger charge is 2.13. The Bertz CT molecular complexity index is 249. The van der Waals surface area contributed by atoms with Crippen LogP contribution in [0, 0.1) is 0 Å². The number of piperazine rings is 1. The number of hydrogen-bond acceptors (Lipinski definition) is 4. The van der Waals surface area contributed by atoms with Crippen molar-refractivity contribution in [2.24, 2.45) is 0 Å². The molecule has 1 heterocycles. The second kappa shape index (κ2) is 4.91. The summed E-state index contributed by atoms with van der Waals surface area (Å²) < 4.78 is 0. The van der Waals surface area contributed by atoms with E-state index in [0.29, 0.717) is 5.57 Å². The molecular formula is C10H16N2O2. The van der Waals surface area contributed by atoms with Crippen molar-refractivity contribution in [1.82, 2.24) is 10.2 Å². The first-order valence-corrected chi connectivity index (χ1v) is 4.79. The van der Waals surface area contributed by atoms with Crippen LogP contribution in [-0.2, 0) is 9.59 Å². The zero-order valence-electron chi connectivity index (χ0n) is 8.67. The molecule has 0 atom stereocenters. The molecule has 1 rings (SSSR count). The lowest BCUT2D eigenvalue weighted by atomic mass is 10.1. The van der Waals surface area contributed by atoms with Gasteiger partial charge in [-0.1, -0.05) is 0 Å². The Morgan fingerprint density at radius 2 is 1.64 bits per heavy atom. The molecule has 1 aliphatic heterocycles. The summed E-state index contributed by atoms with van der Waals surface area (Å²) >= 11 is 0. The van der Waals surface area contributed by atoms with E-state index in [9.17, 15) is 9.59 Å². The highest BCUT2D eigenvalue weighted by atomic mass is 16.1. The van der Waals surface area contributed by atoms with Crippen LogP contribution in [0.5, 0.6) is 0 Å². The topological polar surface area (TPSA) is 49.4 Å². The Kier molecular flexibility index (Phi) is 3.83. The summed E-state index contributed by atoms with van der Waals surface area (Å²) in [6.07, 6.45) is 1.69. The second-order valence-corrected chi connectivity index (χ2v) is 3.44. The van der Waals surface area contributed by atoms with E-state index in [1.54, 1.807) is 6.20 Å². The number of rotatable bonds is 3. The molecule has 0 aromatic carbocycles. The summed E-state index contributed by atoms with van der Waals surface area (Å²) in [5.74, 6) is -0.313. The molecule has 78 valence electrons. The molecular weight excluding hydrogens is 180 g/mol. The fourth-order valence-corrected chi connectivity index (χ4v) is 1.42. The van der Waals surface area contributed by atoms with Crippen LogP contribution in [-0.4, -0.2) is 42.6 Å². The van der Waals surface area contributed by atoms with Gasteiger partial charge >= 0.3 is 0 Å². The molecule has 1 N–H and O–H groups in total. The van der Waals surface area contributed by atoms with Gasteiger partial charge in [0.2, 0.25) is 0 Å². The zero-order valence-corrected chi connectivity index (χ0v) is 8.67. The number of hydrogen-bond donors (Lipinski definition) is 1. The van der Waals surface area contributed by atoms with Gasteiger partial charge < -0.3 is 10.2 Å². The van der Waals surface area contributed by atoms with Crippen molar-refractivity contribution in [3.63, 3.8) is 0 Å². The Balaban J connectivity index is 2.70. The molecule has 4 heteroatoms. The molecule has 0 spiro atoms. The van der Waals surface area contributed by atoms with Gasteiger partial charge in [0.05, 0.1) is 5.57 Å². The second-order valence-electron chi connectivity index (χ2n) is 3.44. The fourth-order valence-electron chi connectivity index (χ4n) is 1.42. The molecule has 0 saturated carbocycles. The van der Waals surface area contributed by atoms with Crippen LogP contribution in [0.25, 0.3) is 0 Å². The summed E-state index contributed by atoms with van der Waals surface area (Å²) in [7, 11) is 0. The molecule has 4 nitrogen and oxygen atoms in total. The number of ketones is 2. The molecule has 14 heavy (non-hydrogen) atoms. The van der Waals surface area contributed by atoms with Crippen LogP contribution < -0.4 is 5.32 Å². The van der Waals surface area contributed by atoms with E-state index in [2.05, 4.69) is 5.32 Å². The predicted molar refractivity (Wildman–Crippen MR) is 53.9 cm³/mol. The van der Waals surface area contributed by atoms with Gasteiger partial charge in [-0.05, 0) is 13.8 Å². The van der Waals surface area contributed by atoms with Gasteiger partial charge in [-0.25, -0.2) is 0 Å². The molecule has 0 unspecified atom stereocenters. The average molecular weight is 196 g/mol. The normalized spacial score (nSPS) is 16.3. The Morgan fingerprint density at radius 1 is 1.14 bits per heavy atom. The monoisotopic (exact) mass is 196 g/mol. The Morgan fingerprint density at radius 3 is 2.07 bits per heavy atom. The molecule has 1 fully saturated rings. The van der Waals surface area contributed by atoms with Gasteiger partial charge in [0, 0.05) is 32.4 Å². The summed E-state index contributed by atoms with van der Waals surface area (Å²) in [6, 6.07) is 0. The van der Waals surface area contributed by atoms with E-state index in [1.807, 2.05) is 4.90 Å². The number of Topliss-reactive ketones (excluding diaryl/α,β-unsaturated/α-hetero) is 2. The summed E-state index contributed by atoms with van der Waals surface area (Å²) in [6.45, 7) is 6.36. The van der Waals surface area contributed by atoms with Gasteiger partial charge in [0.25, 0.3) is 0 Å². The van der Waals surface area contributed by atoms with Crippen molar-refractivity contribution in [3.05, 3.63) is 11.8 Å². The quantitative estimate of drug-likeness (QED) is 0.391. The summed E-state index contributed by atoms with van der Waals surface area (Å²) in [5.41, 5.74) is 0.298. The third-order valence-electron chi connectivity index (χ3n) is 2.22. The first-order valence-electron chi connectivity index (χ1n) is 4.79. The third kappa shape index (κ3) is 2.96. The van der Waals surface area contributed by atoms with E-state index in [4.69, 9.17) is 0 Å².